The summed E-state index contributed by atoms with van der Waals surface area (Å²) in [5, 5.41) is 2.92. The zero-order valence-electron chi connectivity index (χ0n) is 14.4. The standard InChI is InChI=1S/C21H26N2O/c1-23(20-10-6-3-7-11-20)16-17-12-14-18(15-13-17)21(24)22-19-8-4-2-5-9-19/h2,4-5,8-9,12-15,20H,3,6-7,10-11,16H2,1H3,(H,22,24). The predicted octanol–water partition coefficient (Wildman–Crippen LogP) is 4.70. The van der Waals surface area contributed by atoms with Gasteiger partial charge < -0.3 is 5.32 Å². The number of nitrogens with zero attached hydrogens (tertiary/aromatic N) is 1. The highest BCUT2D eigenvalue weighted by Crippen LogP contribution is 2.23. The number of carbonyl (C=O) groups excluding carboxylic acids is 1. The first-order chi connectivity index (χ1) is 11.7. The number of nitrogens with one attached hydrogen (secondary N) is 1. The lowest BCUT2D eigenvalue weighted by Gasteiger charge is -2.31. The second-order valence-corrected chi connectivity index (χ2v) is 6.72. The Balaban J connectivity index is 1.57. The highest BCUT2D eigenvalue weighted by Gasteiger charge is 2.18. The minimum absolute atomic E-state index is 0.0617. The van der Waals surface area contributed by atoms with Crippen molar-refractivity contribution in [3.05, 3.63) is 65.7 Å². The molecule has 0 aromatic heterocycles. The lowest BCUT2D eigenvalue weighted by molar-refractivity contribution is 0.102. The summed E-state index contributed by atoms with van der Waals surface area (Å²) in [7, 11) is 2.21. The average molecular weight is 322 g/mol. The van der Waals surface area contributed by atoms with E-state index in [1.807, 2.05) is 42.5 Å². The maximum Gasteiger partial charge on any atom is 0.255 e. The minimum atomic E-state index is -0.0617. The van der Waals surface area contributed by atoms with Gasteiger partial charge in [-0.2, -0.15) is 0 Å². The number of hydrogen-bond donors (Lipinski definition) is 1. The molecule has 1 fully saturated rings. The predicted molar refractivity (Wildman–Crippen MR) is 99.2 cm³/mol. The summed E-state index contributed by atoms with van der Waals surface area (Å²) in [6.07, 6.45) is 6.72. The molecule has 1 aliphatic carbocycles. The van der Waals surface area contributed by atoms with E-state index in [1.54, 1.807) is 0 Å². The van der Waals surface area contributed by atoms with E-state index in [1.165, 1.54) is 37.7 Å². The number of benzene rings is 2. The molecule has 24 heavy (non-hydrogen) atoms. The van der Waals surface area contributed by atoms with Crippen molar-refractivity contribution in [2.24, 2.45) is 0 Å². The van der Waals surface area contributed by atoms with Gasteiger partial charge in [0, 0.05) is 23.8 Å². The monoisotopic (exact) mass is 322 g/mol. The fraction of sp³-hybridized carbons (Fsp3) is 0.381. The van der Waals surface area contributed by atoms with E-state index in [9.17, 15) is 4.79 Å². The molecule has 3 nitrogen and oxygen atoms in total. The number of amides is 1. The van der Waals surface area contributed by atoms with Crippen LogP contribution in [0.1, 0.15) is 48.0 Å². The van der Waals surface area contributed by atoms with Gasteiger partial charge in [0.25, 0.3) is 5.91 Å². The van der Waals surface area contributed by atoms with Gasteiger partial charge in [-0.1, -0.05) is 49.6 Å². The van der Waals surface area contributed by atoms with E-state index < -0.39 is 0 Å². The molecule has 0 bridgehead atoms. The van der Waals surface area contributed by atoms with Crippen molar-refractivity contribution in [1.29, 1.82) is 0 Å². The summed E-state index contributed by atoms with van der Waals surface area (Å²) >= 11 is 0. The Labute approximate surface area is 144 Å². The molecule has 1 amide bonds. The fourth-order valence-corrected chi connectivity index (χ4v) is 3.43. The van der Waals surface area contributed by atoms with E-state index in [0.717, 1.165) is 12.2 Å². The fourth-order valence-electron chi connectivity index (χ4n) is 3.43. The van der Waals surface area contributed by atoms with Crippen molar-refractivity contribution >= 4 is 11.6 Å². The van der Waals surface area contributed by atoms with E-state index in [-0.39, 0.29) is 5.91 Å². The van der Waals surface area contributed by atoms with Gasteiger partial charge in [-0.25, -0.2) is 0 Å². The van der Waals surface area contributed by atoms with Crippen molar-refractivity contribution in [3.63, 3.8) is 0 Å². The first-order valence-electron chi connectivity index (χ1n) is 8.88. The second kappa shape index (κ2) is 8.11. The average Bonchev–Trinajstić information content (AvgIpc) is 2.64. The maximum atomic E-state index is 12.3. The molecular formula is C21H26N2O. The van der Waals surface area contributed by atoms with Crippen LogP contribution in [0.3, 0.4) is 0 Å². The van der Waals surface area contributed by atoms with Crippen molar-refractivity contribution in [3.8, 4) is 0 Å². The zero-order valence-corrected chi connectivity index (χ0v) is 14.4. The normalized spacial score (nSPS) is 15.4. The first-order valence-corrected chi connectivity index (χ1v) is 8.88. The Morgan fingerprint density at radius 3 is 2.33 bits per heavy atom. The molecule has 3 heteroatoms. The van der Waals surface area contributed by atoms with Gasteiger partial charge in [0.15, 0.2) is 0 Å². The quantitative estimate of drug-likeness (QED) is 0.865. The number of anilines is 1. The van der Waals surface area contributed by atoms with E-state index in [0.29, 0.717) is 11.6 Å². The molecule has 0 aliphatic heterocycles. The number of rotatable bonds is 5. The maximum absolute atomic E-state index is 12.3. The molecule has 1 N–H and O–H groups in total. The Hall–Kier alpha value is -2.13. The molecule has 0 saturated heterocycles. The first kappa shape index (κ1) is 16.7. The van der Waals surface area contributed by atoms with Crippen LogP contribution in [-0.4, -0.2) is 23.9 Å². The highest BCUT2D eigenvalue weighted by atomic mass is 16.1. The van der Waals surface area contributed by atoms with E-state index >= 15 is 0 Å². The van der Waals surface area contributed by atoms with Gasteiger partial charge in [-0.15, -0.1) is 0 Å². The highest BCUT2D eigenvalue weighted by molar-refractivity contribution is 6.04. The molecule has 2 aromatic carbocycles. The summed E-state index contributed by atoms with van der Waals surface area (Å²) in [5.74, 6) is -0.0617. The van der Waals surface area contributed by atoms with Crippen LogP contribution in [0.25, 0.3) is 0 Å². The summed E-state index contributed by atoms with van der Waals surface area (Å²) in [6.45, 7) is 0.950. The van der Waals surface area contributed by atoms with Crippen molar-refractivity contribution in [2.45, 2.75) is 44.7 Å². The van der Waals surface area contributed by atoms with Crippen LogP contribution in [0, 0.1) is 0 Å². The van der Waals surface area contributed by atoms with Crippen LogP contribution in [0.4, 0.5) is 5.69 Å². The molecule has 1 aliphatic rings. The van der Waals surface area contributed by atoms with E-state index in [2.05, 4.69) is 29.4 Å². The Morgan fingerprint density at radius 2 is 1.67 bits per heavy atom. The third-order valence-electron chi connectivity index (χ3n) is 4.88. The van der Waals surface area contributed by atoms with Crippen LogP contribution in [0.5, 0.6) is 0 Å². The molecule has 0 radical (unpaired) electrons. The third kappa shape index (κ3) is 4.45. The number of hydrogen-bond acceptors (Lipinski definition) is 2. The second-order valence-electron chi connectivity index (χ2n) is 6.72. The Bertz CT molecular complexity index is 645. The van der Waals surface area contributed by atoms with Crippen molar-refractivity contribution in [1.82, 2.24) is 4.90 Å². The van der Waals surface area contributed by atoms with Crippen molar-refractivity contribution < 1.29 is 4.79 Å². The van der Waals surface area contributed by atoms with Gasteiger partial charge in [0.05, 0.1) is 0 Å². The molecule has 0 spiro atoms. The SMILES string of the molecule is CN(Cc1ccc(C(=O)Nc2ccccc2)cc1)C1CCCCC1. The third-order valence-corrected chi connectivity index (χ3v) is 4.88. The molecule has 3 rings (SSSR count). The van der Waals surface area contributed by atoms with Gasteiger partial charge in [-0.3, -0.25) is 9.69 Å². The Kier molecular flexibility index (Phi) is 5.65. The van der Waals surface area contributed by atoms with Crippen LogP contribution in [-0.2, 0) is 6.54 Å². The van der Waals surface area contributed by atoms with Gasteiger partial charge in [0.2, 0.25) is 0 Å². The molecular weight excluding hydrogens is 296 g/mol. The Morgan fingerprint density at radius 1 is 1.00 bits per heavy atom. The number of carbonyl (C=O) groups is 1. The van der Waals surface area contributed by atoms with Crippen LogP contribution in [0.15, 0.2) is 54.6 Å². The lowest BCUT2D eigenvalue weighted by atomic mass is 9.94. The summed E-state index contributed by atoms with van der Waals surface area (Å²) < 4.78 is 0. The van der Waals surface area contributed by atoms with Gasteiger partial charge >= 0.3 is 0 Å². The molecule has 126 valence electrons. The molecule has 0 heterocycles. The van der Waals surface area contributed by atoms with Crippen LogP contribution >= 0.6 is 0 Å². The molecule has 0 unspecified atom stereocenters. The van der Waals surface area contributed by atoms with Crippen LogP contribution < -0.4 is 5.32 Å². The minimum Gasteiger partial charge on any atom is -0.322 e. The summed E-state index contributed by atoms with van der Waals surface area (Å²) in [5.41, 5.74) is 2.78. The zero-order chi connectivity index (χ0) is 16.8. The molecule has 2 aromatic rings. The summed E-state index contributed by atoms with van der Waals surface area (Å²) in [6, 6.07) is 18.2. The smallest absolute Gasteiger partial charge is 0.255 e. The van der Waals surface area contributed by atoms with E-state index in [4.69, 9.17) is 0 Å². The summed E-state index contributed by atoms with van der Waals surface area (Å²) in [4.78, 5) is 14.7. The van der Waals surface area contributed by atoms with Crippen LogP contribution in [0.2, 0.25) is 0 Å². The molecule has 1 saturated carbocycles. The molecule has 0 atom stereocenters. The topological polar surface area (TPSA) is 32.3 Å². The van der Waals surface area contributed by atoms with Gasteiger partial charge in [-0.05, 0) is 49.7 Å². The van der Waals surface area contributed by atoms with Gasteiger partial charge in [0.1, 0.15) is 0 Å². The number of para-hydroxylation sites is 1. The lowest BCUT2D eigenvalue weighted by Crippen LogP contribution is -2.32. The largest absolute Gasteiger partial charge is 0.322 e. The van der Waals surface area contributed by atoms with Crippen molar-refractivity contribution in [2.75, 3.05) is 12.4 Å².